The van der Waals surface area contributed by atoms with E-state index in [1.165, 1.54) is 21.1 Å². The van der Waals surface area contributed by atoms with E-state index in [1.807, 2.05) is 12.1 Å². The summed E-state index contributed by atoms with van der Waals surface area (Å²) < 4.78 is 21.7. The Kier molecular flexibility index (Phi) is 7.08. The topological polar surface area (TPSA) is 112 Å². The maximum absolute atomic E-state index is 13.2. The van der Waals surface area contributed by atoms with Crippen molar-refractivity contribution in [2.75, 3.05) is 21.3 Å². The highest BCUT2D eigenvalue weighted by atomic mass is 16.5. The van der Waals surface area contributed by atoms with E-state index in [1.54, 1.807) is 55.7 Å². The van der Waals surface area contributed by atoms with Crippen LogP contribution in [0.25, 0.3) is 6.08 Å². The highest BCUT2D eigenvalue weighted by molar-refractivity contribution is 5.85. The monoisotopic (exact) mass is 494 g/mol. The van der Waals surface area contributed by atoms with Crippen LogP contribution in [0.2, 0.25) is 0 Å². The van der Waals surface area contributed by atoms with Crippen LogP contribution in [0.1, 0.15) is 30.4 Å². The number of carboxylic acids is 1. The molecule has 0 radical (unpaired) electrons. The van der Waals surface area contributed by atoms with Gasteiger partial charge in [-0.2, -0.15) is 0 Å². The van der Waals surface area contributed by atoms with Crippen LogP contribution >= 0.6 is 0 Å². The zero-order chi connectivity index (χ0) is 26.0. The van der Waals surface area contributed by atoms with Gasteiger partial charge in [-0.05, 0) is 47.4 Å². The van der Waals surface area contributed by atoms with Crippen LogP contribution in [0.3, 0.4) is 0 Å². The summed E-state index contributed by atoms with van der Waals surface area (Å²) in [4.78, 5) is 25.3. The van der Waals surface area contributed by atoms with E-state index in [0.717, 1.165) is 5.56 Å². The van der Waals surface area contributed by atoms with E-state index in [-0.39, 0.29) is 6.42 Å². The van der Waals surface area contributed by atoms with Crippen LogP contribution in [0.5, 0.6) is 17.2 Å². The number of ether oxygens (including phenoxy) is 4. The summed E-state index contributed by atoms with van der Waals surface area (Å²) >= 11 is 0. The van der Waals surface area contributed by atoms with Gasteiger partial charge >= 0.3 is 11.9 Å². The van der Waals surface area contributed by atoms with Gasteiger partial charge in [0.2, 0.25) is 0 Å². The summed E-state index contributed by atoms with van der Waals surface area (Å²) in [5.41, 5.74) is 0.210. The lowest BCUT2D eigenvalue weighted by Crippen LogP contribution is -2.51. The molecule has 2 N–H and O–H groups in total. The van der Waals surface area contributed by atoms with Crippen molar-refractivity contribution < 1.29 is 38.7 Å². The molecule has 8 nitrogen and oxygen atoms in total. The molecule has 4 rings (SSSR count). The molecule has 2 aliphatic rings. The number of rotatable bonds is 8. The molecule has 2 aromatic rings. The number of aliphatic carboxylic acids is 1. The lowest BCUT2D eigenvalue weighted by Gasteiger charge is -2.41. The number of carbonyl (C=O) groups is 2. The van der Waals surface area contributed by atoms with Crippen molar-refractivity contribution in [3.05, 3.63) is 71.3 Å². The summed E-state index contributed by atoms with van der Waals surface area (Å²) in [6, 6.07) is 12.5. The molecule has 8 heteroatoms. The number of aliphatic hydroxyl groups excluding tert-OH is 1. The molecule has 1 saturated carbocycles. The summed E-state index contributed by atoms with van der Waals surface area (Å²) in [5.74, 6) is -1.25. The van der Waals surface area contributed by atoms with Crippen LogP contribution < -0.4 is 14.2 Å². The molecular formula is C28H30O8. The smallest absolute Gasteiger partial charge is 0.318 e. The standard InChI is InChI=1S/C28H30O8/c1-16(29)36-26-23-15-24(18-11-21(34-3)14-22(12-18)35-4)28(26,27(31)32)19(13-25(23)30)8-5-17-6-9-20(33-2)10-7-17/h5-14,23-26,30H,15H2,1-4H3,(H,31,32)/b8-5+. The van der Waals surface area contributed by atoms with Crippen molar-refractivity contribution in [1.29, 1.82) is 0 Å². The van der Waals surface area contributed by atoms with E-state index in [0.29, 0.717) is 28.4 Å². The average molecular weight is 495 g/mol. The number of hydrogen-bond donors (Lipinski definition) is 2. The first-order valence-electron chi connectivity index (χ1n) is 11.6. The highest BCUT2D eigenvalue weighted by Gasteiger charge is 2.67. The molecule has 36 heavy (non-hydrogen) atoms. The Hall–Kier alpha value is -3.78. The summed E-state index contributed by atoms with van der Waals surface area (Å²) in [6.07, 6.45) is 3.26. The minimum absolute atomic E-state index is 0.290. The molecule has 2 aliphatic carbocycles. The van der Waals surface area contributed by atoms with Crippen molar-refractivity contribution in [1.82, 2.24) is 0 Å². The molecule has 5 atom stereocenters. The Morgan fingerprint density at radius 2 is 1.56 bits per heavy atom. The predicted octanol–water partition coefficient (Wildman–Crippen LogP) is 3.83. The van der Waals surface area contributed by atoms with Gasteiger partial charge in [0.1, 0.15) is 28.8 Å². The number of allylic oxidation sites excluding steroid dienone is 1. The second-order valence-corrected chi connectivity index (χ2v) is 9.02. The fraction of sp³-hybridized carbons (Fsp3) is 0.357. The Morgan fingerprint density at radius 3 is 2.08 bits per heavy atom. The Bertz CT molecular complexity index is 1180. The van der Waals surface area contributed by atoms with Gasteiger partial charge in [-0.25, -0.2) is 0 Å². The third kappa shape index (κ3) is 4.33. The predicted molar refractivity (Wildman–Crippen MR) is 132 cm³/mol. The number of benzene rings is 2. The van der Waals surface area contributed by atoms with Gasteiger partial charge in [0.15, 0.2) is 0 Å². The third-order valence-electron chi connectivity index (χ3n) is 7.16. The van der Waals surface area contributed by atoms with E-state index in [4.69, 9.17) is 18.9 Å². The summed E-state index contributed by atoms with van der Waals surface area (Å²) in [6.45, 7) is 1.25. The van der Waals surface area contributed by atoms with Gasteiger partial charge < -0.3 is 29.2 Å². The van der Waals surface area contributed by atoms with Crippen LogP contribution in [-0.4, -0.2) is 55.7 Å². The fourth-order valence-corrected chi connectivity index (χ4v) is 5.52. The van der Waals surface area contributed by atoms with Gasteiger partial charge in [-0.1, -0.05) is 30.4 Å². The molecule has 5 unspecified atom stereocenters. The van der Waals surface area contributed by atoms with Gasteiger partial charge in [-0.3, -0.25) is 9.59 Å². The first kappa shape index (κ1) is 25.3. The van der Waals surface area contributed by atoms with Gasteiger partial charge in [0.25, 0.3) is 0 Å². The van der Waals surface area contributed by atoms with E-state index in [2.05, 4.69) is 0 Å². The second-order valence-electron chi connectivity index (χ2n) is 9.02. The normalized spacial score (nSPS) is 26.9. The van der Waals surface area contributed by atoms with Crippen molar-refractivity contribution >= 4 is 18.0 Å². The number of carboxylic acid groups (broad SMARTS) is 1. The molecule has 2 bridgehead atoms. The van der Waals surface area contributed by atoms with Crippen LogP contribution in [0.15, 0.2) is 60.2 Å². The lowest BCUT2D eigenvalue weighted by molar-refractivity contribution is -0.167. The fourth-order valence-electron chi connectivity index (χ4n) is 5.52. The molecule has 0 aliphatic heterocycles. The zero-order valence-electron chi connectivity index (χ0n) is 20.6. The van der Waals surface area contributed by atoms with E-state index < -0.39 is 41.4 Å². The molecule has 0 aromatic heterocycles. The van der Waals surface area contributed by atoms with Gasteiger partial charge in [-0.15, -0.1) is 0 Å². The van der Waals surface area contributed by atoms with Gasteiger partial charge in [0.05, 0.1) is 27.4 Å². The molecular weight excluding hydrogens is 464 g/mol. The first-order valence-corrected chi connectivity index (χ1v) is 11.6. The first-order chi connectivity index (χ1) is 17.2. The maximum atomic E-state index is 13.2. The van der Waals surface area contributed by atoms with Gasteiger partial charge in [0, 0.05) is 24.8 Å². The number of fused-ring (bicyclic) bond motifs is 2. The van der Waals surface area contributed by atoms with Crippen LogP contribution in [-0.2, 0) is 14.3 Å². The number of carbonyl (C=O) groups excluding carboxylic acids is 1. The van der Waals surface area contributed by atoms with Crippen molar-refractivity contribution in [3.63, 3.8) is 0 Å². The highest BCUT2D eigenvalue weighted by Crippen LogP contribution is 2.62. The lowest BCUT2D eigenvalue weighted by atomic mass is 9.65. The Morgan fingerprint density at radius 1 is 0.944 bits per heavy atom. The van der Waals surface area contributed by atoms with Crippen molar-refractivity contribution in [2.24, 2.45) is 11.3 Å². The molecule has 190 valence electrons. The summed E-state index contributed by atoms with van der Waals surface area (Å²) in [5, 5.41) is 21.8. The largest absolute Gasteiger partial charge is 0.497 e. The van der Waals surface area contributed by atoms with E-state index in [9.17, 15) is 19.8 Å². The maximum Gasteiger partial charge on any atom is 0.318 e. The molecule has 0 saturated heterocycles. The molecule has 2 aromatic carbocycles. The number of methoxy groups -OCH3 is 3. The number of hydrogen-bond acceptors (Lipinski definition) is 7. The van der Waals surface area contributed by atoms with Crippen molar-refractivity contribution in [3.8, 4) is 17.2 Å². The third-order valence-corrected chi connectivity index (χ3v) is 7.16. The molecule has 0 amide bonds. The van der Waals surface area contributed by atoms with Crippen LogP contribution in [0.4, 0.5) is 0 Å². The summed E-state index contributed by atoms with van der Waals surface area (Å²) in [7, 11) is 4.62. The zero-order valence-corrected chi connectivity index (χ0v) is 20.6. The minimum atomic E-state index is -1.63. The Labute approximate surface area is 209 Å². The Balaban J connectivity index is 1.88. The quantitative estimate of drug-likeness (QED) is 0.533. The number of esters is 1. The van der Waals surface area contributed by atoms with Crippen LogP contribution in [0, 0.1) is 11.3 Å². The minimum Gasteiger partial charge on any atom is -0.497 e. The SMILES string of the molecule is COc1ccc(/C=C/C2=CC(O)C3CC(c4cc(OC)cc(OC)c4)C2(C(=O)O)C3OC(C)=O)cc1. The average Bonchev–Trinajstić information content (AvgIpc) is 3.14. The van der Waals surface area contributed by atoms with E-state index >= 15 is 0 Å². The molecule has 0 spiro atoms. The second kappa shape index (κ2) is 10.1. The molecule has 0 heterocycles. The number of aliphatic hydroxyl groups is 1. The van der Waals surface area contributed by atoms with Crippen molar-refractivity contribution in [2.45, 2.75) is 31.5 Å². The molecule has 1 fully saturated rings.